The molecule has 1 heterocycles. The van der Waals surface area contributed by atoms with Crippen molar-refractivity contribution >= 4 is 29.1 Å². The van der Waals surface area contributed by atoms with Crippen LogP contribution < -0.4 is 16.0 Å². The summed E-state index contributed by atoms with van der Waals surface area (Å²) in [7, 11) is 1.57. The maximum absolute atomic E-state index is 12.6. The van der Waals surface area contributed by atoms with E-state index in [9.17, 15) is 14.4 Å². The van der Waals surface area contributed by atoms with Gasteiger partial charge in [0, 0.05) is 42.6 Å². The smallest absolute Gasteiger partial charge is 0.254 e. The van der Waals surface area contributed by atoms with Crippen molar-refractivity contribution in [2.75, 3.05) is 50.5 Å². The number of hydrogen-bond donors (Lipinski definition) is 3. The molecule has 3 amide bonds. The first-order valence-electron chi connectivity index (χ1n) is 9.40. The predicted octanol–water partition coefficient (Wildman–Crippen LogP) is 1.57. The molecule has 8 nitrogen and oxygen atoms in total. The van der Waals surface area contributed by atoms with Crippen LogP contribution in [0, 0.1) is 0 Å². The molecule has 0 unspecified atom stereocenters. The maximum Gasteiger partial charge on any atom is 0.254 e. The summed E-state index contributed by atoms with van der Waals surface area (Å²) in [4.78, 5) is 38.1. The van der Waals surface area contributed by atoms with Crippen LogP contribution in [0.2, 0.25) is 0 Å². The van der Waals surface area contributed by atoms with Gasteiger partial charge >= 0.3 is 0 Å². The van der Waals surface area contributed by atoms with Crippen LogP contribution in [0.15, 0.2) is 48.5 Å². The van der Waals surface area contributed by atoms with E-state index < -0.39 is 0 Å². The summed E-state index contributed by atoms with van der Waals surface area (Å²) in [6, 6.07) is 13.7. The molecule has 0 spiro atoms. The van der Waals surface area contributed by atoms with Gasteiger partial charge in [0.15, 0.2) is 0 Å². The first kappa shape index (κ1) is 20.3. The Hall–Kier alpha value is -3.39. The second-order valence-electron chi connectivity index (χ2n) is 6.54. The van der Waals surface area contributed by atoms with Gasteiger partial charge in [-0.15, -0.1) is 0 Å². The number of nitrogens with one attached hydrogen (secondary N) is 3. The van der Waals surface area contributed by atoms with Gasteiger partial charge in [0.2, 0.25) is 5.91 Å². The lowest BCUT2D eigenvalue weighted by Crippen LogP contribution is -2.40. The number of carbonyl (C=O) groups is 3. The van der Waals surface area contributed by atoms with E-state index in [2.05, 4.69) is 16.0 Å². The molecule has 0 aliphatic carbocycles. The lowest BCUT2D eigenvalue weighted by atomic mass is 10.1. The highest BCUT2D eigenvalue weighted by Gasteiger charge is 2.18. The average molecular weight is 396 g/mol. The van der Waals surface area contributed by atoms with Gasteiger partial charge < -0.3 is 25.6 Å². The van der Waals surface area contributed by atoms with Crippen LogP contribution in [0.4, 0.5) is 11.4 Å². The van der Waals surface area contributed by atoms with Crippen molar-refractivity contribution in [2.45, 2.75) is 0 Å². The van der Waals surface area contributed by atoms with Crippen LogP contribution in [-0.4, -0.2) is 62.5 Å². The van der Waals surface area contributed by atoms with E-state index in [0.717, 1.165) is 5.69 Å². The van der Waals surface area contributed by atoms with Crippen molar-refractivity contribution < 1.29 is 19.1 Å². The average Bonchev–Trinajstić information content (AvgIpc) is 2.77. The highest BCUT2D eigenvalue weighted by Crippen LogP contribution is 2.14. The molecule has 29 heavy (non-hydrogen) atoms. The van der Waals surface area contributed by atoms with Crippen molar-refractivity contribution in [3.8, 4) is 0 Å². The second-order valence-corrected chi connectivity index (χ2v) is 6.54. The molecule has 152 valence electrons. The summed E-state index contributed by atoms with van der Waals surface area (Å²) in [5.74, 6) is -0.476. The van der Waals surface area contributed by atoms with Crippen LogP contribution >= 0.6 is 0 Å². The highest BCUT2D eigenvalue weighted by atomic mass is 16.5. The van der Waals surface area contributed by atoms with E-state index in [4.69, 9.17) is 4.74 Å². The number of anilines is 2. The molecule has 1 aliphatic rings. The zero-order valence-corrected chi connectivity index (χ0v) is 16.2. The van der Waals surface area contributed by atoms with E-state index in [-0.39, 0.29) is 24.3 Å². The Kier molecular flexibility index (Phi) is 6.80. The van der Waals surface area contributed by atoms with Gasteiger partial charge in [-0.25, -0.2) is 0 Å². The molecule has 2 aromatic rings. The summed E-state index contributed by atoms with van der Waals surface area (Å²) in [5.41, 5.74) is 2.36. The molecule has 0 atom stereocenters. The van der Waals surface area contributed by atoms with Crippen molar-refractivity contribution in [2.24, 2.45) is 0 Å². The number of rotatable bonds is 6. The third-order valence-corrected chi connectivity index (χ3v) is 4.52. The molecular formula is C21H24N4O4. The number of benzene rings is 2. The van der Waals surface area contributed by atoms with Crippen molar-refractivity contribution in [1.29, 1.82) is 0 Å². The Labute approximate surface area is 169 Å². The molecule has 8 heteroatoms. The second kappa shape index (κ2) is 9.70. The Morgan fingerprint density at radius 1 is 0.966 bits per heavy atom. The highest BCUT2D eigenvalue weighted by molar-refractivity contribution is 5.98. The lowest BCUT2D eigenvalue weighted by molar-refractivity contribution is -0.114. The maximum atomic E-state index is 12.6. The van der Waals surface area contributed by atoms with Gasteiger partial charge in [-0.05, 0) is 42.5 Å². The van der Waals surface area contributed by atoms with E-state index in [1.807, 2.05) is 0 Å². The zero-order valence-electron chi connectivity index (χ0n) is 16.2. The summed E-state index contributed by atoms with van der Waals surface area (Å²) in [6.45, 7) is 2.27. The zero-order chi connectivity index (χ0) is 20.6. The van der Waals surface area contributed by atoms with E-state index >= 15 is 0 Å². The van der Waals surface area contributed by atoms with Gasteiger partial charge in [-0.1, -0.05) is 6.07 Å². The Balaban J connectivity index is 1.54. The summed E-state index contributed by atoms with van der Waals surface area (Å²) < 4.78 is 5.27. The Morgan fingerprint density at radius 3 is 2.38 bits per heavy atom. The molecule has 0 aromatic heterocycles. The van der Waals surface area contributed by atoms with Crippen LogP contribution in [0.5, 0.6) is 0 Å². The number of nitrogens with zero attached hydrogens (tertiary/aromatic N) is 1. The van der Waals surface area contributed by atoms with Crippen LogP contribution in [0.1, 0.15) is 20.7 Å². The summed E-state index contributed by atoms with van der Waals surface area (Å²) >= 11 is 0. The van der Waals surface area contributed by atoms with Gasteiger partial charge in [-0.3, -0.25) is 14.4 Å². The Morgan fingerprint density at radius 2 is 1.69 bits per heavy atom. The van der Waals surface area contributed by atoms with E-state index in [0.29, 0.717) is 43.1 Å². The first-order chi connectivity index (χ1) is 14.1. The van der Waals surface area contributed by atoms with E-state index in [1.165, 1.54) is 0 Å². The quantitative estimate of drug-likeness (QED) is 0.688. The molecule has 3 N–H and O–H groups in total. The van der Waals surface area contributed by atoms with Gasteiger partial charge in [0.25, 0.3) is 11.8 Å². The van der Waals surface area contributed by atoms with Crippen LogP contribution in [0.25, 0.3) is 0 Å². The molecule has 0 radical (unpaired) electrons. The summed E-state index contributed by atoms with van der Waals surface area (Å²) in [6.07, 6.45) is 0. The fraction of sp³-hybridized carbons (Fsp3) is 0.286. The number of carbonyl (C=O) groups excluding carboxylic acids is 3. The fourth-order valence-corrected chi connectivity index (χ4v) is 2.95. The number of amides is 3. The molecule has 2 aromatic carbocycles. The van der Waals surface area contributed by atoms with E-state index in [1.54, 1.807) is 60.5 Å². The predicted molar refractivity (Wildman–Crippen MR) is 110 cm³/mol. The molecule has 0 bridgehead atoms. The minimum atomic E-state index is -0.239. The molecule has 3 rings (SSSR count). The normalized spacial score (nSPS) is 13.5. The number of morpholine rings is 1. The van der Waals surface area contributed by atoms with Crippen LogP contribution in [0.3, 0.4) is 0 Å². The summed E-state index contributed by atoms with van der Waals surface area (Å²) in [5, 5.41) is 8.35. The standard InChI is InChI=1S/C21H24N4O4/c1-22-20(27)15-5-7-17(8-6-15)23-14-19(26)24-18-4-2-3-16(13-18)21(28)25-9-11-29-12-10-25/h2-8,13,23H,9-12,14H2,1H3,(H,22,27)(H,24,26). The third kappa shape index (κ3) is 5.55. The van der Waals surface area contributed by atoms with Crippen molar-refractivity contribution in [1.82, 2.24) is 10.2 Å². The topological polar surface area (TPSA) is 99.8 Å². The largest absolute Gasteiger partial charge is 0.378 e. The molecule has 1 fully saturated rings. The lowest BCUT2D eigenvalue weighted by Gasteiger charge is -2.27. The molecule has 1 saturated heterocycles. The first-order valence-corrected chi connectivity index (χ1v) is 9.40. The minimum absolute atomic E-state index is 0.0565. The molecule has 1 aliphatic heterocycles. The number of hydrogen-bond acceptors (Lipinski definition) is 5. The van der Waals surface area contributed by atoms with Crippen LogP contribution in [-0.2, 0) is 9.53 Å². The molecule has 0 saturated carbocycles. The Bertz CT molecular complexity index is 877. The molecular weight excluding hydrogens is 372 g/mol. The van der Waals surface area contributed by atoms with Gasteiger partial charge in [0.05, 0.1) is 19.8 Å². The fourth-order valence-electron chi connectivity index (χ4n) is 2.95. The van der Waals surface area contributed by atoms with Gasteiger partial charge in [-0.2, -0.15) is 0 Å². The van der Waals surface area contributed by atoms with Gasteiger partial charge in [0.1, 0.15) is 0 Å². The minimum Gasteiger partial charge on any atom is -0.378 e. The SMILES string of the molecule is CNC(=O)c1ccc(NCC(=O)Nc2cccc(C(=O)N3CCOCC3)c2)cc1. The van der Waals surface area contributed by atoms with Crippen molar-refractivity contribution in [3.63, 3.8) is 0 Å². The van der Waals surface area contributed by atoms with Crippen molar-refractivity contribution in [3.05, 3.63) is 59.7 Å². The number of ether oxygens (including phenoxy) is 1. The third-order valence-electron chi connectivity index (χ3n) is 4.52. The monoisotopic (exact) mass is 396 g/mol.